The van der Waals surface area contributed by atoms with Crippen LogP contribution in [0.1, 0.15) is 5.56 Å². The third kappa shape index (κ3) is 2.47. The molecule has 0 atom stereocenters. The summed E-state index contributed by atoms with van der Waals surface area (Å²) < 4.78 is 36.3. The number of nitrogens with two attached hydrogens (primary N) is 2. The minimum absolute atomic E-state index is 0.0475. The second-order valence-corrected chi connectivity index (χ2v) is 3.38. The van der Waals surface area contributed by atoms with E-state index in [9.17, 15) is 12.7 Å². The minimum Gasteiger partial charge on any atom is -0.397 e. The Morgan fingerprint density at radius 1 is 1.29 bits per heavy atom. The largest absolute Gasteiger partial charge is 0.397 e. The zero-order valence-corrected chi connectivity index (χ0v) is 7.95. The van der Waals surface area contributed by atoms with E-state index in [1.54, 1.807) is 0 Å². The van der Waals surface area contributed by atoms with Gasteiger partial charge in [-0.05, 0) is 17.7 Å². The molecule has 0 aromatic heterocycles. The van der Waals surface area contributed by atoms with Gasteiger partial charge in [-0.25, -0.2) is 8.78 Å². The maximum Gasteiger partial charge on any atom is 0.242 e. The Balaban J connectivity index is 3.07. The van der Waals surface area contributed by atoms with Gasteiger partial charge >= 0.3 is 0 Å². The van der Waals surface area contributed by atoms with Gasteiger partial charge in [-0.15, -0.1) is 0 Å². The first-order valence-corrected chi connectivity index (χ1v) is 4.51. The van der Waals surface area contributed by atoms with E-state index < -0.39 is 12.8 Å². The molecule has 0 heterocycles. The van der Waals surface area contributed by atoms with Crippen molar-refractivity contribution in [3.8, 4) is 0 Å². The lowest BCUT2D eigenvalue weighted by molar-refractivity contribution is 0.149. The molecular formula is C8H9F3N2S. The standard InChI is InChI=1S/C8H9F3N2S/c9-7(10)2-4-1-5(14-11)3-6(12)8(4)13/h1,3,7H,2,12-13H2. The first kappa shape index (κ1) is 11.0. The molecule has 0 spiro atoms. The number of anilines is 2. The summed E-state index contributed by atoms with van der Waals surface area (Å²) in [5.41, 5.74) is 11.3. The minimum atomic E-state index is -2.52. The summed E-state index contributed by atoms with van der Waals surface area (Å²) in [7, 11) is 0. The van der Waals surface area contributed by atoms with Gasteiger partial charge in [0.2, 0.25) is 6.43 Å². The van der Waals surface area contributed by atoms with Crippen LogP contribution in [0, 0.1) is 0 Å². The number of rotatable bonds is 3. The van der Waals surface area contributed by atoms with Crippen LogP contribution in [0.2, 0.25) is 0 Å². The van der Waals surface area contributed by atoms with Gasteiger partial charge in [0.05, 0.1) is 23.5 Å². The van der Waals surface area contributed by atoms with Gasteiger partial charge < -0.3 is 11.5 Å². The van der Waals surface area contributed by atoms with Gasteiger partial charge in [0.15, 0.2) is 0 Å². The van der Waals surface area contributed by atoms with E-state index in [0.29, 0.717) is 0 Å². The van der Waals surface area contributed by atoms with Crippen LogP contribution in [-0.4, -0.2) is 6.43 Å². The van der Waals surface area contributed by atoms with Crippen LogP contribution >= 0.6 is 12.1 Å². The maximum absolute atomic E-state index is 12.2. The highest BCUT2D eigenvalue weighted by molar-refractivity contribution is 7.94. The van der Waals surface area contributed by atoms with Gasteiger partial charge in [0.1, 0.15) is 0 Å². The fourth-order valence-corrected chi connectivity index (χ4v) is 1.45. The molecule has 0 radical (unpaired) electrons. The van der Waals surface area contributed by atoms with Gasteiger partial charge in [-0.2, -0.15) is 3.89 Å². The van der Waals surface area contributed by atoms with Crippen LogP contribution in [0.4, 0.5) is 24.0 Å². The molecule has 0 aliphatic rings. The van der Waals surface area contributed by atoms with E-state index in [0.717, 1.165) is 0 Å². The van der Waals surface area contributed by atoms with Gasteiger partial charge in [0.25, 0.3) is 0 Å². The van der Waals surface area contributed by atoms with Crippen LogP contribution in [0.3, 0.4) is 0 Å². The zero-order chi connectivity index (χ0) is 10.7. The Hall–Kier alpha value is -1.04. The molecule has 2 nitrogen and oxygen atoms in total. The Kier molecular flexibility index (Phi) is 3.51. The molecule has 1 aromatic carbocycles. The molecule has 0 saturated carbocycles. The number of alkyl halides is 2. The molecule has 0 aliphatic heterocycles. The molecule has 0 unspecified atom stereocenters. The number of hydrogen-bond acceptors (Lipinski definition) is 3. The lowest BCUT2D eigenvalue weighted by Crippen LogP contribution is -2.04. The van der Waals surface area contributed by atoms with Crippen molar-refractivity contribution in [3.63, 3.8) is 0 Å². The molecule has 0 bridgehead atoms. The van der Waals surface area contributed by atoms with E-state index in [2.05, 4.69) is 0 Å². The average molecular weight is 222 g/mol. The normalized spacial score (nSPS) is 10.9. The number of benzene rings is 1. The summed E-state index contributed by atoms with van der Waals surface area (Å²) in [6.45, 7) is 0. The van der Waals surface area contributed by atoms with Crippen molar-refractivity contribution in [2.45, 2.75) is 17.7 Å². The smallest absolute Gasteiger partial charge is 0.242 e. The van der Waals surface area contributed by atoms with Crippen LogP contribution in [-0.2, 0) is 6.42 Å². The highest BCUT2D eigenvalue weighted by Crippen LogP contribution is 2.30. The molecule has 0 saturated heterocycles. The fourth-order valence-electron chi connectivity index (χ4n) is 1.09. The Labute approximate surface area is 83.8 Å². The number of hydrogen-bond donors (Lipinski definition) is 2. The van der Waals surface area contributed by atoms with Crippen molar-refractivity contribution in [2.75, 3.05) is 11.5 Å². The first-order chi connectivity index (χ1) is 6.54. The predicted molar refractivity (Wildman–Crippen MR) is 51.9 cm³/mol. The predicted octanol–water partition coefficient (Wildman–Crippen LogP) is 2.64. The molecule has 78 valence electrons. The molecule has 1 aromatic rings. The van der Waals surface area contributed by atoms with Crippen LogP contribution in [0.15, 0.2) is 17.0 Å². The monoisotopic (exact) mass is 222 g/mol. The van der Waals surface area contributed by atoms with Crippen molar-refractivity contribution in [1.82, 2.24) is 0 Å². The van der Waals surface area contributed by atoms with Gasteiger partial charge in [0, 0.05) is 11.3 Å². The lowest BCUT2D eigenvalue weighted by atomic mass is 10.1. The van der Waals surface area contributed by atoms with Crippen molar-refractivity contribution >= 4 is 23.5 Å². The summed E-state index contributed by atoms with van der Waals surface area (Å²) in [6, 6.07) is 2.59. The molecule has 0 fully saturated rings. The summed E-state index contributed by atoms with van der Waals surface area (Å²) in [5.74, 6) is 0. The summed E-state index contributed by atoms with van der Waals surface area (Å²) in [4.78, 5) is 0.187. The van der Waals surface area contributed by atoms with Crippen molar-refractivity contribution in [2.24, 2.45) is 0 Å². The van der Waals surface area contributed by atoms with Gasteiger partial charge in [-0.3, -0.25) is 0 Å². The quantitative estimate of drug-likeness (QED) is 0.773. The highest BCUT2D eigenvalue weighted by Gasteiger charge is 2.11. The van der Waals surface area contributed by atoms with E-state index in [4.69, 9.17) is 11.5 Å². The SMILES string of the molecule is Nc1cc(SF)cc(CC(F)F)c1N. The van der Waals surface area contributed by atoms with Crippen LogP contribution in [0.25, 0.3) is 0 Å². The van der Waals surface area contributed by atoms with E-state index in [-0.39, 0.29) is 34.0 Å². The third-order valence-electron chi connectivity index (χ3n) is 1.73. The Morgan fingerprint density at radius 2 is 1.93 bits per heavy atom. The maximum atomic E-state index is 12.2. The lowest BCUT2D eigenvalue weighted by Gasteiger charge is -2.09. The first-order valence-electron chi connectivity index (χ1n) is 3.79. The van der Waals surface area contributed by atoms with Gasteiger partial charge in [-0.1, -0.05) is 0 Å². The third-order valence-corrected chi connectivity index (χ3v) is 2.15. The van der Waals surface area contributed by atoms with Crippen LogP contribution < -0.4 is 11.5 Å². The molecule has 0 aliphatic carbocycles. The summed E-state index contributed by atoms with van der Waals surface area (Å²) in [6.07, 6.45) is -3.03. The fraction of sp³-hybridized carbons (Fsp3) is 0.250. The molecule has 1 rings (SSSR count). The highest BCUT2D eigenvalue weighted by atomic mass is 32.2. The molecule has 0 amide bonds. The van der Waals surface area contributed by atoms with E-state index >= 15 is 0 Å². The second-order valence-electron chi connectivity index (χ2n) is 2.76. The molecular weight excluding hydrogens is 213 g/mol. The van der Waals surface area contributed by atoms with Crippen molar-refractivity contribution in [1.29, 1.82) is 0 Å². The van der Waals surface area contributed by atoms with Crippen molar-refractivity contribution < 1.29 is 12.7 Å². The van der Waals surface area contributed by atoms with Crippen LogP contribution in [0.5, 0.6) is 0 Å². The number of nitrogen functional groups attached to an aromatic ring is 2. The van der Waals surface area contributed by atoms with E-state index in [1.807, 2.05) is 0 Å². The Morgan fingerprint density at radius 3 is 2.43 bits per heavy atom. The topological polar surface area (TPSA) is 52.0 Å². The number of halogens is 3. The summed E-state index contributed by atoms with van der Waals surface area (Å²) >= 11 is -0.0475. The molecule has 4 N–H and O–H groups in total. The Bertz CT molecular complexity index is 331. The average Bonchev–Trinajstić information content (AvgIpc) is 2.11. The molecule has 6 heteroatoms. The summed E-state index contributed by atoms with van der Waals surface area (Å²) in [5, 5.41) is 0. The van der Waals surface area contributed by atoms with E-state index in [1.165, 1.54) is 12.1 Å². The second kappa shape index (κ2) is 4.45. The zero-order valence-electron chi connectivity index (χ0n) is 7.14. The molecule has 14 heavy (non-hydrogen) atoms. The van der Waals surface area contributed by atoms with Crippen molar-refractivity contribution in [3.05, 3.63) is 17.7 Å².